The van der Waals surface area contributed by atoms with Gasteiger partial charge in [0.05, 0.1) is 0 Å². The molecule has 82 valence electrons. The topological polar surface area (TPSA) is 85.5 Å². The van der Waals surface area contributed by atoms with E-state index < -0.39 is 11.6 Å². The van der Waals surface area contributed by atoms with Crippen molar-refractivity contribution in [2.45, 2.75) is 31.3 Å². The zero-order valence-corrected chi connectivity index (χ0v) is 8.39. The Morgan fingerprint density at radius 1 is 1.67 bits per heavy atom. The van der Waals surface area contributed by atoms with Gasteiger partial charge in [-0.3, -0.25) is 4.79 Å². The lowest BCUT2D eigenvalue weighted by atomic mass is 9.79. The van der Waals surface area contributed by atoms with Crippen LogP contribution in [0.3, 0.4) is 0 Å². The first-order chi connectivity index (χ1) is 7.16. The average Bonchev–Trinajstić information content (AvgIpc) is 2.51. The van der Waals surface area contributed by atoms with Gasteiger partial charge in [-0.15, -0.1) is 0 Å². The lowest BCUT2D eigenvalue weighted by Gasteiger charge is -2.37. The molecule has 1 aliphatic carbocycles. The van der Waals surface area contributed by atoms with Crippen LogP contribution < -0.4 is 0 Å². The zero-order chi connectivity index (χ0) is 10.9. The minimum Gasteiger partial charge on any atom is -0.481 e. The number of nitrogens with zero attached hydrogens (tertiary/aromatic N) is 2. The lowest BCUT2D eigenvalue weighted by Crippen LogP contribution is -2.37. The number of ether oxygens (including phenoxy) is 1. The van der Waals surface area contributed by atoms with Crippen LogP contribution in [0.15, 0.2) is 4.52 Å². The summed E-state index contributed by atoms with van der Waals surface area (Å²) >= 11 is 0. The van der Waals surface area contributed by atoms with Crippen LogP contribution in [0.4, 0.5) is 0 Å². The molecule has 0 spiro atoms. The highest BCUT2D eigenvalue weighted by Gasteiger charge is 2.43. The second kappa shape index (κ2) is 3.62. The van der Waals surface area contributed by atoms with Gasteiger partial charge in [-0.05, 0) is 19.3 Å². The summed E-state index contributed by atoms with van der Waals surface area (Å²) in [4.78, 5) is 14.5. The van der Waals surface area contributed by atoms with E-state index in [2.05, 4.69) is 10.1 Å². The Kier molecular flexibility index (Phi) is 2.44. The number of carbonyl (C=O) groups is 1. The van der Waals surface area contributed by atoms with Gasteiger partial charge in [0.2, 0.25) is 11.7 Å². The predicted octanol–water partition coefficient (Wildman–Crippen LogP) is 0.722. The number of carboxylic acid groups (broad SMARTS) is 1. The Morgan fingerprint density at radius 3 is 2.87 bits per heavy atom. The van der Waals surface area contributed by atoms with Crippen LogP contribution in [0, 0.1) is 0 Å². The molecule has 1 aliphatic rings. The number of rotatable bonds is 4. The van der Waals surface area contributed by atoms with E-state index in [9.17, 15) is 4.79 Å². The Bertz CT molecular complexity index is 364. The molecular formula is C9H12N2O4. The second-order valence-electron chi connectivity index (χ2n) is 3.63. The molecule has 1 aromatic rings. The number of methoxy groups -OCH3 is 1. The molecule has 0 bridgehead atoms. The van der Waals surface area contributed by atoms with E-state index in [1.165, 1.54) is 0 Å². The largest absolute Gasteiger partial charge is 0.481 e. The lowest BCUT2D eigenvalue weighted by molar-refractivity contribution is -0.136. The number of hydrogen-bond donors (Lipinski definition) is 1. The van der Waals surface area contributed by atoms with Crippen molar-refractivity contribution in [1.29, 1.82) is 0 Å². The van der Waals surface area contributed by atoms with Gasteiger partial charge < -0.3 is 14.4 Å². The summed E-state index contributed by atoms with van der Waals surface area (Å²) < 4.78 is 10.2. The van der Waals surface area contributed by atoms with Crippen molar-refractivity contribution in [1.82, 2.24) is 10.1 Å². The van der Waals surface area contributed by atoms with E-state index in [-0.39, 0.29) is 12.3 Å². The standard InChI is InChI=1S/C9H12N2O4/c1-14-9(3-2-4-9)8-10-6(15-11-8)5-7(12)13/h2-5H2,1H3,(H,12,13). The summed E-state index contributed by atoms with van der Waals surface area (Å²) in [7, 11) is 1.60. The summed E-state index contributed by atoms with van der Waals surface area (Å²) in [5, 5.41) is 12.3. The van der Waals surface area contributed by atoms with E-state index >= 15 is 0 Å². The molecule has 0 atom stereocenters. The molecule has 1 N–H and O–H groups in total. The van der Waals surface area contributed by atoms with E-state index in [1.807, 2.05) is 0 Å². The molecule has 6 nitrogen and oxygen atoms in total. The van der Waals surface area contributed by atoms with Crippen LogP contribution in [0.2, 0.25) is 0 Å². The molecule has 1 aromatic heterocycles. The van der Waals surface area contributed by atoms with Crippen LogP contribution in [0.1, 0.15) is 31.0 Å². The van der Waals surface area contributed by atoms with Gasteiger partial charge >= 0.3 is 5.97 Å². The maximum absolute atomic E-state index is 10.4. The molecule has 1 heterocycles. The monoisotopic (exact) mass is 212 g/mol. The Morgan fingerprint density at radius 2 is 2.40 bits per heavy atom. The Hall–Kier alpha value is -1.43. The van der Waals surface area contributed by atoms with Crippen LogP contribution in [0.25, 0.3) is 0 Å². The van der Waals surface area contributed by atoms with Gasteiger partial charge in [-0.2, -0.15) is 4.98 Å². The zero-order valence-electron chi connectivity index (χ0n) is 8.39. The minimum atomic E-state index is -0.981. The third kappa shape index (κ3) is 1.72. The SMILES string of the molecule is COC1(c2noc(CC(=O)O)n2)CCC1. The fraction of sp³-hybridized carbons (Fsp3) is 0.667. The molecular weight excluding hydrogens is 200 g/mol. The van der Waals surface area contributed by atoms with Gasteiger partial charge in [0.1, 0.15) is 12.0 Å². The first-order valence-electron chi connectivity index (χ1n) is 4.76. The van der Waals surface area contributed by atoms with Crippen molar-refractivity contribution in [2.24, 2.45) is 0 Å². The van der Waals surface area contributed by atoms with Crippen molar-refractivity contribution in [2.75, 3.05) is 7.11 Å². The van der Waals surface area contributed by atoms with Crippen LogP contribution in [-0.4, -0.2) is 28.3 Å². The summed E-state index contributed by atoms with van der Waals surface area (Å²) in [5.74, 6) is -0.390. The van der Waals surface area contributed by atoms with E-state index in [0.717, 1.165) is 19.3 Å². The number of aromatic nitrogens is 2. The van der Waals surface area contributed by atoms with Gasteiger partial charge in [0.15, 0.2) is 0 Å². The van der Waals surface area contributed by atoms with E-state index in [0.29, 0.717) is 5.82 Å². The van der Waals surface area contributed by atoms with Crippen LogP contribution in [-0.2, 0) is 21.6 Å². The summed E-state index contributed by atoms with van der Waals surface area (Å²) in [6.07, 6.45) is 2.54. The van der Waals surface area contributed by atoms with Crippen molar-refractivity contribution >= 4 is 5.97 Å². The summed E-state index contributed by atoms with van der Waals surface area (Å²) in [5.41, 5.74) is -0.444. The quantitative estimate of drug-likeness (QED) is 0.791. The third-order valence-electron chi connectivity index (χ3n) is 2.73. The third-order valence-corrected chi connectivity index (χ3v) is 2.73. The van der Waals surface area contributed by atoms with Gasteiger partial charge in [-0.25, -0.2) is 0 Å². The molecule has 15 heavy (non-hydrogen) atoms. The predicted molar refractivity (Wildman–Crippen MR) is 48.2 cm³/mol. The van der Waals surface area contributed by atoms with E-state index in [1.54, 1.807) is 7.11 Å². The van der Waals surface area contributed by atoms with Crippen molar-refractivity contribution < 1.29 is 19.2 Å². The van der Waals surface area contributed by atoms with Gasteiger partial charge in [-0.1, -0.05) is 5.16 Å². The fourth-order valence-electron chi connectivity index (χ4n) is 1.66. The molecule has 0 unspecified atom stereocenters. The number of aliphatic carboxylic acids is 1. The maximum atomic E-state index is 10.4. The first kappa shape index (κ1) is 10.1. The molecule has 0 aromatic carbocycles. The van der Waals surface area contributed by atoms with Crippen molar-refractivity contribution in [3.05, 3.63) is 11.7 Å². The minimum absolute atomic E-state index is 0.126. The highest BCUT2D eigenvalue weighted by atomic mass is 16.5. The van der Waals surface area contributed by atoms with Crippen molar-refractivity contribution in [3.8, 4) is 0 Å². The fourth-order valence-corrected chi connectivity index (χ4v) is 1.66. The normalized spacial score (nSPS) is 18.5. The van der Waals surface area contributed by atoms with Gasteiger partial charge in [0, 0.05) is 7.11 Å². The smallest absolute Gasteiger partial charge is 0.312 e. The second-order valence-corrected chi connectivity index (χ2v) is 3.63. The average molecular weight is 212 g/mol. The molecule has 1 saturated carbocycles. The molecule has 6 heteroatoms. The molecule has 1 fully saturated rings. The summed E-state index contributed by atoms with van der Waals surface area (Å²) in [6.45, 7) is 0. The number of hydrogen-bond acceptors (Lipinski definition) is 5. The Labute approximate surface area is 86.2 Å². The highest BCUT2D eigenvalue weighted by Crippen LogP contribution is 2.42. The van der Waals surface area contributed by atoms with Crippen LogP contribution >= 0.6 is 0 Å². The molecule has 2 rings (SSSR count). The highest BCUT2D eigenvalue weighted by molar-refractivity contribution is 5.68. The van der Waals surface area contributed by atoms with Crippen LogP contribution in [0.5, 0.6) is 0 Å². The van der Waals surface area contributed by atoms with Gasteiger partial charge in [0.25, 0.3) is 0 Å². The van der Waals surface area contributed by atoms with Crippen molar-refractivity contribution in [3.63, 3.8) is 0 Å². The molecule has 0 amide bonds. The molecule has 0 aliphatic heterocycles. The summed E-state index contributed by atoms with van der Waals surface area (Å²) in [6, 6.07) is 0. The Balaban J connectivity index is 2.15. The number of carboxylic acids is 1. The van der Waals surface area contributed by atoms with E-state index in [4.69, 9.17) is 14.4 Å². The first-order valence-corrected chi connectivity index (χ1v) is 4.76. The molecule has 0 saturated heterocycles. The molecule has 0 radical (unpaired) electrons. The maximum Gasteiger partial charge on any atom is 0.312 e.